The van der Waals surface area contributed by atoms with Gasteiger partial charge in [0.1, 0.15) is 0 Å². The molecule has 0 atom stereocenters. The summed E-state index contributed by atoms with van der Waals surface area (Å²) in [5, 5.41) is 4.10. The van der Waals surface area contributed by atoms with Gasteiger partial charge in [0.05, 0.1) is 5.70 Å². The Kier molecular flexibility index (Phi) is 2.48. The van der Waals surface area contributed by atoms with Gasteiger partial charge >= 0.3 is 0 Å². The van der Waals surface area contributed by atoms with Crippen molar-refractivity contribution in [1.82, 2.24) is 9.44 Å². The zero-order chi connectivity index (χ0) is 8.23. The van der Waals surface area contributed by atoms with E-state index < -0.39 is 0 Å². The van der Waals surface area contributed by atoms with Crippen LogP contribution in [0.25, 0.3) is 0 Å². The molecule has 0 unspecified atom stereocenters. The second kappa shape index (κ2) is 3.78. The molecule has 0 aliphatic carbocycles. The topological polar surface area (TPSA) is 24.1 Å². The van der Waals surface area contributed by atoms with Crippen LogP contribution in [-0.4, -0.2) is 0 Å². The van der Waals surface area contributed by atoms with Crippen molar-refractivity contribution >= 4 is 23.9 Å². The zero-order valence-electron chi connectivity index (χ0n) is 6.28. The van der Waals surface area contributed by atoms with Gasteiger partial charge in [-0.05, 0) is 41.5 Å². The first kappa shape index (κ1) is 7.89. The molecule has 2 N–H and O–H groups in total. The Hall–Kier alpha value is -0.740. The molecule has 2 heterocycles. The summed E-state index contributed by atoms with van der Waals surface area (Å²) in [6, 6.07) is 0. The fourth-order valence-electron chi connectivity index (χ4n) is 0.915. The molecule has 12 heavy (non-hydrogen) atoms. The number of hydrogen-bond donors (Lipinski definition) is 2. The van der Waals surface area contributed by atoms with E-state index in [1.165, 1.54) is 5.57 Å². The SMILES string of the molecule is C1=CSNC(C2=CSNC=C2)=C1. The van der Waals surface area contributed by atoms with Gasteiger partial charge in [-0.3, -0.25) is 0 Å². The van der Waals surface area contributed by atoms with Gasteiger partial charge in [0.25, 0.3) is 0 Å². The van der Waals surface area contributed by atoms with Crippen LogP contribution in [-0.2, 0) is 0 Å². The second-order valence-electron chi connectivity index (χ2n) is 2.27. The molecule has 0 saturated heterocycles. The second-order valence-corrected chi connectivity index (χ2v) is 3.69. The maximum atomic E-state index is 3.22. The maximum absolute atomic E-state index is 3.22. The highest BCUT2D eigenvalue weighted by atomic mass is 32.2. The number of allylic oxidation sites excluding steroid dienone is 3. The molecular weight excluding hydrogens is 188 g/mol. The molecule has 0 aromatic heterocycles. The van der Waals surface area contributed by atoms with Gasteiger partial charge in [0.2, 0.25) is 0 Å². The van der Waals surface area contributed by atoms with Gasteiger partial charge in [0, 0.05) is 17.2 Å². The lowest BCUT2D eigenvalue weighted by Crippen LogP contribution is -2.08. The van der Waals surface area contributed by atoms with Gasteiger partial charge in [-0.15, -0.1) is 0 Å². The van der Waals surface area contributed by atoms with E-state index >= 15 is 0 Å². The monoisotopic (exact) mass is 196 g/mol. The lowest BCUT2D eigenvalue weighted by molar-refractivity contribution is 1.23. The fourth-order valence-corrected chi connectivity index (χ4v) is 2.00. The molecule has 4 heteroatoms. The lowest BCUT2D eigenvalue weighted by atomic mass is 10.2. The molecule has 0 aromatic carbocycles. The van der Waals surface area contributed by atoms with E-state index in [1.807, 2.05) is 17.7 Å². The Morgan fingerprint density at radius 1 is 1.25 bits per heavy atom. The Balaban J connectivity index is 2.17. The standard InChI is InChI=1S/C8H8N2S2/c1-2-8(10-11-5-1)7-3-4-9-12-6-7/h1-6,9-10H. The fraction of sp³-hybridized carbons (Fsp3) is 0. The van der Waals surface area contributed by atoms with E-state index in [0.717, 1.165) is 5.70 Å². The summed E-state index contributed by atoms with van der Waals surface area (Å²) in [5.74, 6) is 0. The summed E-state index contributed by atoms with van der Waals surface area (Å²) >= 11 is 3.18. The van der Waals surface area contributed by atoms with E-state index in [2.05, 4.69) is 27.0 Å². The van der Waals surface area contributed by atoms with E-state index in [4.69, 9.17) is 0 Å². The average molecular weight is 196 g/mol. The highest BCUT2D eigenvalue weighted by molar-refractivity contribution is 8.00. The largest absolute Gasteiger partial charge is 0.333 e. The van der Waals surface area contributed by atoms with E-state index in [9.17, 15) is 0 Å². The third kappa shape index (κ3) is 1.70. The first-order valence-corrected chi connectivity index (χ1v) is 5.29. The maximum Gasteiger partial charge on any atom is 0.0522 e. The quantitative estimate of drug-likeness (QED) is 0.628. The molecule has 0 radical (unpaired) electrons. The molecule has 62 valence electrons. The van der Waals surface area contributed by atoms with Crippen LogP contribution in [0.3, 0.4) is 0 Å². The van der Waals surface area contributed by atoms with Crippen molar-refractivity contribution in [2.24, 2.45) is 0 Å². The first-order valence-electron chi connectivity index (χ1n) is 3.53. The van der Waals surface area contributed by atoms with Crippen LogP contribution in [0.15, 0.2) is 46.5 Å². The molecule has 2 aliphatic rings. The molecule has 0 amide bonds. The van der Waals surface area contributed by atoms with Crippen molar-refractivity contribution < 1.29 is 0 Å². The number of hydrogen-bond acceptors (Lipinski definition) is 4. The summed E-state index contributed by atoms with van der Waals surface area (Å²) < 4.78 is 6.25. The van der Waals surface area contributed by atoms with Crippen LogP contribution in [0.5, 0.6) is 0 Å². The van der Waals surface area contributed by atoms with Crippen molar-refractivity contribution in [3.8, 4) is 0 Å². The van der Waals surface area contributed by atoms with Gasteiger partial charge in [-0.2, -0.15) is 0 Å². The minimum Gasteiger partial charge on any atom is -0.333 e. The Labute approximate surface area is 80.1 Å². The van der Waals surface area contributed by atoms with Crippen molar-refractivity contribution in [2.75, 3.05) is 0 Å². The third-order valence-corrected chi connectivity index (χ3v) is 2.75. The molecule has 2 aliphatic heterocycles. The summed E-state index contributed by atoms with van der Waals surface area (Å²) in [4.78, 5) is 0. The van der Waals surface area contributed by atoms with Crippen molar-refractivity contribution in [3.05, 3.63) is 46.5 Å². The Morgan fingerprint density at radius 3 is 2.92 bits per heavy atom. The van der Waals surface area contributed by atoms with Gasteiger partial charge in [-0.1, -0.05) is 6.08 Å². The Morgan fingerprint density at radius 2 is 2.25 bits per heavy atom. The summed E-state index contributed by atoms with van der Waals surface area (Å²) in [6.07, 6.45) is 8.09. The van der Waals surface area contributed by atoms with Crippen LogP contribution < -0.4 is 9.44 Å². The third-order valence-electron chi connectivity index (χ3n) is 1.47. The van der Waals surface area contributed by atoms with Gasteiger partial charge < -0.3 is 9.44 Å². The van der Waals surface area contributed by atoms with E-state index in [0.29, 0.717) is 0 Å². The molecule has 2 rings (SSSR count). The highest BCUT2D eigenvalue weighted by Gasteiger charge is 2.04. The van der Waals surface area contributed by atoms with E-state index in [1.54, 1.807) is 23.9 Å². The minimum absolute atomic E-state index is 1.16. The normalized spacial score (nSPS) is 20.7. The first-order chi connectivity index (χ1) is 5.97. The highest BCUT2D eigenvalue weighted by Crippen LogP contribution is 2.21. The summed E-state index contributed by atoms with van der Waals surface area (Å²) in [5.41, 5.74) is 2.38. The summed E-state index contributed by atoms with van der Waals surface area (Å²) in [6.45, 7) is 0. The van der Waals surface area contributed by atoms with Crippen molar-refractivity contribution in [1.29, 1.82) is 0 Å². The molecule has 0 bridgehead atoms. The van der Waals surface area contributed by atoms with Crippen LogP contribution in [0.1, 0.15) is 0 Å². The Bertz CT molecular complexity index is 289. The van der Waals surface area contributed by atoms with Crippen molar-refractivity contribution in [2.45, 2.75) is 0 Å². The van der Waals surface area contributed by atoms with Crippen LogP contribution in [0, 0.1) is 0 Å². The van der Waals surface area contributed by atoms with Crippen LogP contribution in [0.2, 0.25) is 0 Å². The molecule has 0 spiro atoms. The zero-order valence-corrected chi connectivity index (χ0v) is 7.91. The number of rotatable bonds is 1. The minimum atomic E-state index is 1.16. The van der Waals surface area contributed by atoms with Gasteiger partial charge in [-0.25, -0.2) is 0 Å². The smallest absolute Gasteiger partial charge is 0.0522 e. The molecular formula is C8H8N2S2. The van der Waals surface area contributed by atoms with E-state index in [-0.39, 0.29) is 0 Å². The van der Waals surface area contributed by atoms with Gasteiger partial charge in [0.15, 0.2) is 0 Å². The molecule has 0 aromatic rings. The predicted octanol–water partition coefficient (Wildman–Crippen LogP) is 2.28. The van der Waals surface area contributed by atoms with Crippen LogP contribution >= 0.6 is 23.9 Å². The molecule has 0 saturated carbocycles. The molecule has 2 nitrogen and oxygen atoms in total. The lowest BCUT2D eigenvalue weighted by Gasteiger charge is -2.13. The summed E-state index contributed by atoms with van der Waals surface area (Å²) in [7, 11) is 0. The van der Waals surface area contributed by atoms with Crippen molar-refractivity contribution in [3.63, 3.8) is 0 Å². The van der Waals surface area contributed by atoms with Crippen LogP contribution in [0.4, 0.5) is 0 Å². The average Bonchev–Trinajstić information content (AvgIpc) is 2.21. The number of nitrogens with one attached hydrogen (secondary N) is 2. The predicted molar refractivity (Wildman–Crippen MR) is 55.9 cm³/mol. The molecule has 0 fully saturated rings.